The lowest BCUT2D eigenvalue weighted by Crippen LogP contribution is -2.44. The Labute approximate surface area is 272 Å². The molecule has 4 aliphatic heterocycles. The molecule has 2 fully saturated rings. The molecule has 45 heavy (non-hydrogen) atoms. The highest BCUT2D eigenvalue weighted by atomic mass is 32.2. The van der Waals surface area contributed by atoms with Crippen LogP contribution >= 0.6 is 23.5 Å². The van der Waals surface area contributed by atoms with Crippen LogP contribution in [0.25, 0.3) is 0 Å². The van der Waals surface area contributed by atoms with E-state index in [0.717, 1.165) is 70.8 Å². The number of nitrogens with two attached hydrogens (primary N) is 1. The van der Waals surface area contributed by atoms with Crippen LogP contribution in [0.3, 0.4) is 0 Å². The second-order valence-corrected chi connectivity index (χ2v) is 13.0. The molecular weight excluding hydrogens is 623 g/mol. The van der Waals surface area contributed by atoms with Crippen molar-refractivity contribution in [2.24, 2.45) is 11.7 Å². The van der Waals surface area contributed by atoms with Crippen molar-refractivity contribution in [2.75, 3.05) is 33.8 Å². The second kappa shape index (κ2) is 18.9. The van der Waals surface area contributed by atoms with Crippen LogP contribution in [0.1, 0.15) is 31.7 Å². The number of para-hydroxylation sites is 1. The largest absolute Gasteiger partial charge is 0.455 e. The molecule has 0 bridgehead atoms. The number of ether oxygens (including phenoxy) is 2. The Morgan fingerprint density at radius 1 is 1.20 bits per heavy atom. The van der Waals surface area contributed by atoms with Crippen molar-refractivity contribution >= 4 is 42.1 Å². The summed E-state index contributed by atoms with van der Waals surface area (Å²) in [6.07, 6.45) is 6.89. The van der Waals surface area contributed by atoms with E-state index in [2.05, 4.69) is 45.9 Å². The first-order chi connectivity index (χ1) is 21.7. The van der Waals surface area contributed by atoms with Crippen LogP contribution in [0, 0.1) is 5.92 Å². The van der Waals surface area contributed by atoms with Gasteiger partial charge in [0.25, 0.3) is 0 Å². The van der Waals surface area contributed by atoms with Crippen LogP contribution in [-0.4, -0.2) is 81.2 Å². The summed E-state index contributed by atoms with van der Waals surface area (Å²) in [5.41, 5.74) is 5.08. The molecular formula is C32H42F2N4O5S2. The van der Waals surface area contributed by atoms with Crippen molar-refractivity contribution in [2.45, 2.75) is 66.3 Å². The van der Waals surface area contributed by atoms with Gasteiger partial charge in [0.05, 0.1) is 22.3 Å². The fraction of sp³-hybridized carbons (Fsp3) is 0.469. The molecule has 9 nitrogen and oxygen atoms in total. The molecule has 4 N–H and O–H groups in total. The molecule has 4 atom stereocenters. The van der Waals surface area contributed by atoms with Crippen molar-refractivity contribution in [1.82, 2.24) is 15.5 Å². The number of benzene rings is 2. The van der Waals surface area contributed by atoms with E-state index in [9.17, 15) is 18.4 Å². The fourth-order valence-corrected chi connectivity index (χ4v) is 7.88. The van der Waals surface area contributed by atoms with E-state index in [0.29, 0.717) is 19.0 Å². The molecule has 2 amide bonds. The van der Waals surface area contributed by atoms with E-state index in [1.165, 1.54) is 17.9 Å². The van der Waals surface area contributed by atoms with E-state index in [-0.39, 0.29) is 18.4 Å². The number of carbonyl (C=O) groups is 3. The van der Waals surface area contributed by atoms with Gasteiger partial charge in [-0.05, 0) is 80.4 Å². The minimum atomic E-state index is -2.62. The smallest absolute Gasteiger partial charge is 0.345 e. The van der Waals surface area contributed by atoms with Gasteiger partial charge in [-0.2, -0.15) is 8.78 Å². The van der Waals surface area contributed by atoms with Crippen LogP contribution in [0.4, 0.5) is 8.78 Å². The number of halogens is 2. The van der Waals surface area contributed by atoms with Gasteiger partial charge in [0.2, 0.25) is 12.3 Å². The van der Waals surface area contributed by atoms with Crippen molar-refractivity contribution in [3.63, 3.8) is 0 Å². The summed E-state index contributed by atoms with van der Waals surface area (Å²) in [6.45, 7) is 2.60. The zero-order valence-electron chi connectivity index (χ0n) is 25.7. The second-order valence-electron chi connectivity index (χ2n) is 10.6. The molecule has 246 valence electrons. The number of rotatable bonds is 6. The summed E-state index contributed by atoms with van der Waals surface area (Å²) in [4.78, 5) is 37.5. The number of likely N-dealkylation sites (N-methyl/N-ethyl adjacent to an activating group) is 1. The number of alkyl halides is 2. The normalized spacial score (nSPS) is 22.4. The highest BCUT2D eigenvalue weighted by molar-refractivity contribution is 8.04. The van der Waals surface area contributed by atoms with E-state index in [1.807, 2.05) is 49.5 Å². The van der Waals surface area contributed by atoms with Crippen molar-refractivity contribution < 1.29 is 32.6 Å². The number of nitrogens with zero attached hydrogens (tertiary/aromatic N) is 1. The Bertz CT molecular complexity index is 1300. The van der Waals surface area contributed by atoms with Gasteiger partial charge in [-0.3, -0.25) is 9.59 Å². The number of aldehydes is 1. The van der Waals surface area contributed by atoms with Gasteiger partial charge in [-0.25, -0.2) is 0 Å². The molecule has 2 aromatic carbocycles. The molecule has 4 aliphatic rings. The zero-order valence-corrected chi connectivity index (χ0v) is 27.4. The van der Waals surface area contributed by atoms with Gasteiger partial charge in [0, 0.05) is 31.5 Å². The maximum atomic E-state index is 12.5. The van der Waals surface area contributed by atoms with Gasteiger partial charge >= 0.3 is 6.61 Å². The van der Waals surface area contributed by atoms with Crippen molar-refractivity contribution in [3.8, 4) is 11.5 Å². The highest BCUT2D eigenvalue weighted by Gasteiger charge is 2.34. The van der Waals surface area contributed by atoms with Gasteiger partial charge in [0.15, 0.2) is 0 Å². The summed E-state index contributed by atoms with van der Waals surface area (Å²) in [5.74, 6) is 2.47. The van der Waals surface area contributed by atoms with Gasteiger partial charge in [-0.15, -0.1) is 11.8 Å². The fourth-order valence-electron chi connectivity index (χ4n) is 5.43. The van der Waals surface area contributed by atoms with Crippen LogP contribution in [-0.2, 0) is 25.5 Å². The summed E-state index contributed by atoms with van der Waals surface area (Å²) in [5, 5.41) is 7.56. The Morgan fingerprint density at radius 3 is 2.58 bits per heavy atom. The minimum absolute atomic E-state index is 0.00779. The summed E-state index contributed by atoms with van der Waals surface area (Å²) in [7, 11) is 2.97. The third kappa shape index (κ3) is 10.8. The van der Waals surface area contributed by atoms with E-state index < -0.39 is 6.61 Å². The third-order valence-corrected chi connectivity index (χ3v) is 10.2. The topological polar surface area (TPSA) is 123 Å². The standard InChI is InChI=1S/C19H17NO3S.C10H18N2S.C2H4F2O.CH3NO/c21-12-14-4-3-9-20(14)19(22)11-13-7-8-18-16(10-13)23-15-5-1-2-6-17(15)24-18;1-7-10-8(3-4-12-7)5-9(13-10)6-11-2;1-5-2(3)4;2-1-3/h1-2,5-8,10,12,14H,3-4,9,11H2;5,7-8,10-12H,3-4,6H2,1-2H3;2H,1H3;1H,(H2,2,3). The minimum Gasteiger partial charge on any atom is -0.455 e. The first kappa shape index (κ1) is 36.5. The van der Waals surface area contributed by atoms with Gasteiger partial charge in [-0.1, -0.05) is 36.0 Å². The predicted octanol–water partition coefficient (Wildman–Crippen LogP) is 4.84. The number of allylic oxidation sites excluding steroid dienone is 1. The Kier molecular flexibility index (Phi) is 15.3. The molecule has 4 unspecified atom stereocenters. The molecule has 13 heteroatoms. The predicted molar refractivity (Wildman–Crippen MR) is 174 cm³/mol. The molecule has 4 heterocycles. The summed E-state index contributed by atoms with van der Waals surface area (Å²) in [6, 6.07) is 14.2. The Balaban J connectivity index is 0.000000220. The van der Waals surface area contributed by atoms with Crippen LogP contribution in [0.5, 0.6) is 11.5 Å². The Hall–Kier alpha value is -2.97. The number of methoxy groups -OCH3 is 1. The van der Waals surface area contributed by atoms with Crippen LogP contribution < -0.4 is 21.1 Å². The lowest BCUT2D eigenvalue weighted by molar-refractivity contribution is -0.133. The Morgan fingerprint density at radius 2 is 1.91 bits per heavy atom. The van der Waals surface area contributed by atoms with Crippen LogP contribution in [0.2, 0.25) is 0 Å². The molecule has 0 aliphatic carbocycles. The maximum absolute atomic E-state index is 12.5. The van der Waals surface area contributed by atoms with E-state index >= 15 is 0 Å². The van der Waals surface area contributed by atoms with E-state index in [1.54, 1.807) is 16.7 Å². The molecule has 0 spiro atoms. The van der Waals surface area contributed by atoms with E-state index in [4.69, 9.17) is 9.53 Å². The molecule has 0 aromatic heterocycles. The number of fused-ring (bicyclic) bond motifs is 3. The van der Waals surface area contributed by atoms with Gasteiger partial charge < -0.3 is 35.5 Å². The molecule has 0 saturated carbocycles. The summed E-state index contributed by atoms with van der Waals surface area (Å²) >= 11 is 3.74. The number of nitrogens with one attached hydrogen (secondary N) is 2. The molecule has 2 aromatic rings. The molecule has 0 radical (unpaired) electrons. The molecule has 2 saturated heterocycles. The number of hydrogen-bond acceptors (Lipinski definition) is 9. The van der Waals surface area contributed by atoms with Gasteiger partial charge in [0.1, 0.15) is 17.8 Å². The lowest BCUT2D eigenvalue weighted by Gasteiger charge is -2.31. The number of carbonyl (C=O) groups excluding carboxylic acids is 3. The first-order valence-electron chi connectivity index (χ1n) is 14.8. The molecule has 6 rings (SSSR count). The number of likely N-dealkylation sites (tertiary alicyclic amines) is 1. The van der Waals surface area contributed by atoms with Crippen LogP contribution in [0.15, 0.2) is 63.2 Å². The number of thioether (sulfide) groups is 1. The van der Waals surface area contributed by atoms with Crippen molar-refractivity contribution in [1.29, 1.82) is 0 Å². The maximum Gasteiger partial charge on any atom is 0.345 e. The number of hydrogen-bond donors (Lipinski definition) is 3. The highest BCUT2D eigenvalue weighted by Crippen LogP contribution is 2.47. The zero-order chi connectivity index (χ0) is 32.8. The SMILES string of the molecule is CNCC1=CC2CCNC(C)C2S1.COC(F)F.NC=O.O=CC1CCCN1C(=O)Cc1ccc2c(c1)Oc1ccccc1S2. The van der Waals surface area contributed by atoms with Crippen molar-refractivity contribution in [3.05, 3.63) is 59.0 Å². The number of amides is 2. The number of piperidine rings is 1. The summed E-state index contributed by atoms with van der Waals surface area (Å²) < 4.78 is 30.5. The number of primary amides is 1. The lowest BCUT2D eigenvalue weighted by atomic mass is 9.92. The average Bonchev–Trinajstić information content (AvgIpc) is 3.69. The first-order valence-corrected chi connectivity index (χ1v) is 16.5. The monoisotopic (exact) mass is 664 g/mol. The average molecular weight is 665 g/mol. The quantitative estimate of drug-likeness (QED) is 0.318. The third-order valence-electron chi connectivity index (χ3n) is 7.50.